The second kappa shape index (κ2) is 9.36. The van der Waals surface area contributed by atoms with E-state index in [-0.39, 0.29) is 18.9 Å². The zero-order valence-corrected chi connectivity index (χ0v) is 17.9. The quantitative estimate of drug-likeness (QED) is 0.675. The van der Waals surface area contributed by atoms with Gasteiger partial charge in [-0.15, -0.1) is 0 Å². The number of halogens is 2. The molecule has 0 spiro atoms. The number of methoxy groups -OCH3 is 1. The lowest BCUT2D eigenvalue weighted by Gasteiger charge is -2.19. The van der Waals surface area contributed by atoms with E-state index >= 15 is 0 Å². The molecule has 2 aromatic rings. The Balaban J connectivity index is 1.57. The lowest BCUT2D eigenvalue weighted by Crippen LogP contribution is -2.28. The van der Waals surface area contributed by atoms with E-state index in [0.29, 0.717) is 27.2 Å². The fraction of sp³-hybridized carbons (Fsp3) is 0.286. The van der Waals surface area contributed by atoms with Crippen LogP contribution in [0.15, 0.2) is 36.4 Å². The van der Waals surface area contributed by atoms with Gasteiger partial charge in [-0.05, 0) is 42.8 Å². The molecule has 0 radical (unpaired) electrons. The van der Waals surface area contributed by atoms with Gasteiger partial charge in [0, 0.05) is 28.7 Å². The van der Waals surface area contributed by atoms with Crippen LogP contribution >= 0.6 is 23.2 Å². The van der Waals surface area contributed by atoms with Gasteiger partial charge in [0.1, 0.15) is 5.75 Å². The van der Waals surface area contributed by atoms with Gasteiger partial charge in [-0.3, -0.25) is 14.4 Å². The van der Waals surface area contributed by atoms with Gasteiger partial charge in [0.25, 0.3) is 5.91 Å². The number of amides is 2. The second-order valence-electron chi connectivity index (χ2n) is 6.84. The van der Waals surface area contributed by atoms with Gasteiger partial charge in [-0.25, -0.2) is 0 Å². The molecule has 2 amide bonds. The zero-order chi connectivity index (χ0) is 21.8. The molecule has 9 heteroatoms. The minimum Gasteiger partial charge on any atom is -0.495 e. The van der Waals surface area contributed by atoms with Crippen molar-refractivity contribution in [1.82, 2.24) is 0 Å². The molecule has 0 unspecified atom stereocenters. The van der Waals surface area contributed by atoms with E-state index in [1.807, 2.05) is 6.92 Å². The normalized spacial score (nSPS) is 15.8. The topological polar surface area (TPSA) is 84.9 Å². The molecule has 1 fully saturated rings. The minimum atomic E-state index is -0.692. The summed E-state index contributed by atoms with van der Waals surface area (Å²) in [5.74, 6) is -1.60. The number of anilines is 2. The van der Waals surface area contributed by atoms with E-state index in [0.717, 1.165) is 5.56 Å². The summed E-state index contributed by atoms with van der Waals surface area (Å²) in [6.45, 7) is 1.50. The van der Waals surface area contributed by atoms with Gasteiger partial charge >= 0.3 is 5.97 Å². The van der Waals surface area contributed by atoms with Crippen LogP contribution in [0, 0.1) is 12.8 Å². The highest BCUT2D eigenvalue weighted by Gasteiger charge is 2.37. The first kappa shape index (κ1) is 21.9. The van der Waals surface area contributed by atoms with Gasteiger partial charge < -0.3 is 19.7 Å². The highest BCUT2D eigenvalue weighted by molar-refractivity contribution is 6.31. The van der Waals surface area contributed by atoms with E-state index in [1.54, 1.807) is 36.4 Å². The smallest absolute Gasteiger partial charge is 0.311 e. The van der Waals surface area contributed by atoms with E-state index in [1.165, 1.54) is 12.0 Å². The molecule has 1 heterocycles. The molecule has 1 aliphatic rings. The Labute approximate surface area is 183 Å². The highest BCUT2D eigenvalue weighted by atomic mass is 35.5. The largest absolute Gasteiger partial charge is 0.495 e. The predicted octanol–water partition coefficient (Wildman–Crippen LogP) is 3.85. The Hall–Kier alpha value is -2.77. The number of hydrogen-bond donors (Lipinski definition) is 1. The molecule has 0 aliphatic carbocycles. The predicted molar refractivity (Wildman–Crippen MR) is 114 cm³/mol. The van der Waals surface area contributed by atoms with Crippen molar-refractivity contribution in [3.05, 3.63) is 52.0 Å². The number of nitrogens with one attached hydrogen (secondary N) is 1. The molecule has 0 aromatic heterocycles. The molecular weight excluding hydrogens is 431 g/mol. The summed E-state index contributed by atoms with van der Waals surface area (Å²) in [6.07, 6.45) is -0.0241. The maximum absolute atomic E-state index is 12.4. The summed E-state index contributed by atoms with van der Waals surface area (Å²) in [4.78, 5) is 38.3. The SMILES string of the molecule is COc1ccc(Cl)cc1N1C[C@H](C(=O)OCC(=O)Nc2ccc(C)c(Cl)c2)CC1=O. The molecule has 1 saturated heterocycles. The van der Waals surface area contributed by atoms with Crippen LogP contribution in [0.4, 0.5) is 11.4 Å². The number of hydrogen-bond acceptors (Lipinski definition) is 5. The van der Waals surface area contributed by atoms with E-state index in [9.17, 15) is 14.4 Å². The van der Waals surface area contributed by atoms with Crippen molar-refractivity contribution in [1.29, 1.82) is 0 Å². The summed E-state index contributed by atoms with van der Waals surface area (Å²) in [5.41, 5.74) is 1.87. The summed E-state index contributed by atoms with van der Waals surface area (Å²) >= 11 is 12.1. The van der Waals surface area contributed by atoms with Crippen molar-refractivity contribution in [3.63, 3.8) is 0 Å². The Kier molecular flexibility index (Phi) is 6.84. The first-order valence-corrected chi connectivity index (χ1v) is 9.90. The van der Waals surface area contributed by atoms with Gasteiger partial charge in [-0.1, -0.05) is 29.3 Å². The van der Waals surface area contributed by atoms with Gasteiger partial charge in [0.15, 0.2) is 6.61 Å². The molecule has 0 saturated carbocycles. The Morgan fingerprint density at radius 2 is 1.97 bits per heavy atom. The average molecular weight is 451 g/mol. The summed E-state index contributed by atoms with van der Waals surface area (Å²) < 4.78 is 10.4. The average Bonchev–Trinajstić information content (AvgIpc) is 3.10. The molecule has 7 nitrogen and oxygen atoms in total. The van der Waals surface area contributed by atoms with Crippen LogP contribution in [-0.2, 0) is 19.1 Å². The molecule has 2 aromatic carbocycles. The number of aryl methyl sites for hydroxylation is 1. The fourth-order valence-corrected chi connectivity index (χ4v) is 3.44. The third-order valence-electron chi connectivity index (χ3n) is 4.69. The molecule has 1 N–H and O–H groups in total. The first-order valence-electron chi connectivity index (χ1n) is 9.15. The Morgan fingerprint density at radius 1 is 1.20 bits per heavy atom. The van der Waals surface area contributed by atoms with E-state index < -0.39 is 24.4 Å². The molecule has 3 rings (SSSR count). The van der Waals surface area contributed by atoms with Crippen molar-refractivity contribution < 1.29 is 23.9 Å². The molecule has 1 atom stereocenters. The number of carbonyl (C=O) groups excluding carboxylic acids is 3. The first-order chi connectivity index (χ1) is 14.3. The summed E-state index contributed by atoms with van der Waals surface area (Å²) in [5, 5.41) is 3.57. The van der Waals surface area contributed by atoms with Crippen molar-refractivity contribution in [2.24, 2.45) is 5.92 Å². The van der Waals surface area contributed by atoms with Crippen LogP contribution in [-0.4, -0.2) is 38.0 Å². The number of nitrogens with zero attached hydrogens (tertiary/aromatic N) is 1. The van der Waals surface area contributed by atoms with Gasteiger partial charge in [0.05, 0.1) is 18.7 Å². The lowest BCUT2D eigenvalue weighted by molar-refractivity contribution is -0.151. The molecule has 30 heavy (non-hydrogen) atoms. The number of rotatable bonds is 6. The third kappa shape index (κ3) is 5.04. The fourth-order valence-electron chi connectivity index (χ4n) is 3.09. The molecule has 158 valence electrons. The van der Waals surface area contributed by atoms with Gasteiger partial charge in [0.2, 0.25) is 5.91 Å². The Morgan fingerprint density at radius 3 is 2.67 bits per heavy atom. The summed E-state index contributed by atoms with van der Waals surface area (Å²) in [6, 6.07) is 9.99. The number of benzene rings is 2. The lowest BCUT2D eigenvalue weighted by atomic mass is 10.1. The van der Waals surface area contributed by atoms with Crippen molar-refractivity contribution in [3.8, 4) is 5.75 Å². The number of carbonyl (C=O) groups is 3. The van der Waals surface area contributed by atoms with Crippen LogP contribution in [0.25, 0.3) is 0 Å². The number of ether oxygens (including phenoxy) is 2. The highest BCUT2D eigenvalue weighted by Crippen LogP contribution is 2.35. The maximum atomic E-state index is 12.4. The van der Waals surface area contributed by atoms with Crippen LogP contribution in [0.5, 0.6) is 5.75 Å². The van der Waals surface area contributed by atoms with Crippen molar-refractivity contribution in [2.75, 3.05) is 30.5 Å². The van der Waals surface area contributed by atoms with Crippen LogP contribution < -0.4 is 15.0 Å². The molecule has 0 bridgehead atoms. The van der Waals surface area contributed by atoms with E-state index in [2.05, 4.69) is 5.32 Å². The molecule has 1 aliphatic heterocycles. The monoisotopic (exact) mass is 450 g/mol. The van der Waals surface area contributed by atoms with Crippen LogP contribution in [0.2, 0.25) is 10.0 Å². The maximum Gasteiger partial charge on any atom is 0.311 e. The van der Waals surface area contributed by atoms with Crippen LogP contribution in [0.3, 0.4) is 0 Å². The third-order valence-corrected chi connectivity index (χ3v) is 5.33. The van der Waals surface area contributed by atoms with Crippen molar-refractivity contribution >= 4 is 52.4 Å². The number of esters is 1. The molecular formula is C21H20Cl2N2O5. The van der Waals surface area contributed by atoms with E-state index in [4.69, 9.17) is 32.7 Å². The van der Waals surface area contributed by atoms with Gasteiger partial charge in [-0.2, -0.15) is 0 Å². The summed E-state index contributed by atoms with van der Waals surface area (Å²) in [7, 11) is 1.48. The minimum absolute atomic E-state index is 0.0241. The standard InChI is InChI=1S/C21H20Cl2N2O5/c1-12-3-5-15(9-16(12)23)24-19(26)11-30-21(28)13-7-20(27)25(10-13)17-8-14(22)4-6-18(17)29-2/h3-6,8-9,13H,7,10-11H2,1-2H3,(H,24,26)/t13-/m1/s1. The second-order valence-corrected chi connectivity index (χ2v) is 7.69. The Bertz CT molecular complexity index is 995. The van der Waals surface area contributed by atoms with Crippen LogP contribution in [0.1, 0.15) is 12.0 Å². The van der Waals surface area contributed by atoms with Crippen molar-refractivity contribution in [2.45, 2.75) is 13.3 Å². The zero-order valence-electron chi connectivity index (χ0n) is 16.4.